The molecule has 0 fully saturated rings. The van der Waals surface area contributed by atoms with Gasteiger partial charge in [-0.2, -0.15) is 4.98 Å². The lowest BCUT2D eigenvalue weighted by atomic mass is 10.1. The molecule has 0 aliphatic rings. The van der Waals surface area contributed by atoms with Crippen molar-refractivity contribution in [2.24, 2.45) is 0 Å². The number of aromatic nitrogens is 2. The molecule has 0 aliphatic heterocycles. The molecule has 1 aromatic heterocycles. The Kier molecular flexibility index (Phi) is 4.52. The molecule has 102 valence electrons. The number of benzene rings is 1. The molecule has 1 N–H and O–H groups in total. The molecule has 0 amide bonds. The highest BCUT2D eigenvalue weighted by atomic mass is 16.5. The molecular formula is C14H18N2O3. The molecule has 5 heteroatoms. The maximum absolute atomic E-state index is 9.40. The van der Waals surface area contributed by atoms with Crippen LogP contribution in [0.25, 0.3) is 0 Å². The van der Waals surface area contributed by atoms with Crippen molar-refractivity contribution in [1.82, 2.24) is 10.1 Å². The Bertz CT molecular complexity index is 506. The second-order valence-electron chi connectivity index (χ2n) is 4.39. The van der Waals surface area contributed by atoms with Gasteiger partial charge in [-0.3, -0.25) is 0 Å². The first-order chi connectivity index (χ1) is 9.19. The van der Waals surface area contributed by atoms with Gasteiger partial charge in [0.25, 0.3) is 5.89 Å². The lowest BCUT2D eigenvalue weighted by molar-refractivity contribution is 0.199. The summed E-state index contributed by atoms with van der Waals surface area (Å²) >= 11 is 0. The molecule has 1 atom stereocenters. The molecule has 2 aromatic rings. The number of hydrogen-bond donors (Lipinski definition) is 1. The molecule has 0 bridgehead atoms. The normalized spacial score (nSPS) is 12.4. The first-order valence-corrected chi connectivity index (χ1v) is 6.41. The second kappa shape index (κ2) is 6.33. The van der Waals surface area contributed by atoms with Crippen molar-refractivity contribution < 1.29 is 14.4 Å². The van der Waals surface area contributed by atoms with E-state index in [-0.39, 0.29) is 6.61 Å². The lowest BCUT2D eigenvalue weighted by Crippen LogP contribution is -1.97. The summed E-state index contributed by atoms with van der Waals surface area (Å²) in [4.78, 5) is 4.22. The Labute approximate surface area is 112 Å². The van der Waals surface area contributed by atoms with Gasteiger partial charge in [-0.25, -0.2) is 0 Å². The van der Waals surface area contributed by atoms with Crippen molar-refractivity contribution in [3.05, 3.63) is 41.5 Å². The number of rotatable bonds is 6. The van der Waals surface area contributed by atoms with Gasteiger partial charge in [-0.15, -0.1) is 0 Å². The summed E-state index contributed by atoms with van der Waals surface area (Å²) in [6.45, 7) is 4.05. The lowest BCUT2D eigenvalue weighted by Gasteiger charge is -2.06. The Morgan fingerprint density at radius 3 is 2.68 bits per heavy atom. The third-order valence-corrected chi connectivity index (χ3v) is 2.71. The van der Waals surface area contributed by atoms with E-state index in [4.69, 9.17) is 9.26 Å². The fourth-order valence-electron chi connectivity index (χ4n) is 1.66. The monoisotopic (exact) mass is 262 g/mol. The summed E-state index contributed by atoms with van der Waals surface area (Å²) < 4.78 is 10.6. The topological polar surface area (TPSA) is 68.4 Å². The van der Waals surface area contributed by atoms with Crippen LogP contribution in [0.15, 0.2) is 28.8 Å². The van der Waals surface area contributed by atoms with E-state index in [0.717, 1.165) is 18.4 Å². The number of aliphatic hydroxyl groups excluding tert-OH is 1. The summed E-state index contributed by atoms with van der Waals surface area (Å²) in [6.07, 6.45) is 1.33. The van der Waals surface area contributed by atoms with Gasteiger partial charge < -0.3 is 14.4 Å². The average molecular weight is 262 g/mol. The minimum atomic E-state index is -0.471. The zero-order valence-electron chi connectivity index (χ0n) is 11.2. The van der Waals surface area contributed by atoms with E-state index in [1.165, 1.54) is 0 Å². The Morgan fingerprint density at radius 1 is 1.32 bits per heavy atom. The molecule has 1 unspecified atom stereocenters. The third-order valence-electron chi connectivity index (χ3n) is 2.71. The molecule has 1 heterocycles. The van der Waals surface area contributed by atoms with Crippen molar-refractivity contribution in [2.75, 3.05) is 0 Å². The highest BCUT2D eigenvalue weighted by Gasteiger charge is 2.06. The minimum Gasteiger partial charge on any atom is -0.484 e. The molecule has 0 saturated heterocycles. The summed E-state index contributed by atoms with van der Waals surface area (Å²) in [5, 5.41) is 13.3. The van der Waals surface area contributed by atoms with Crippen molar-refractivity contribution in [3.63, 3.8) is 0 Å². The van der Waals surface area contributed by atoms with Crippen LogP contribution in [0.4, 0.5) is 0 Å². The van der Waals surface area contributed by atoms with E-state index < -0.39 is 6.10 Å². The van der Waals surface area contributed by atoms with Crippen molar-refractivity contribution >= 4 is 0 Å². The summed E-state index contributed by atoms with van der Waals surface area (Å²) in [5.41, 5.74) is 0.857. The number of aryl methyl sites for hydroxylation is 1. The van der Waals surface area contributed by atoms with Crippen molar-refractivity contribution in [1.29, 1.82) is 0 Å². The Morgan fingerprint density at radius 2 is 2.05 bits per heavy atom. The molecule has 0 spiro atoms. The fourth-order valence-corrected chi connectivity index (χ4v) is 1.66. The van der Waals surface area contributed by atoms with Crippen LogP contribution in [0.1, 0.15) is 43.7 Å². The largest absolute Gasteiger partial charge is 0.484 e. The van der Waals surface area contributed by atoms with Gasteiger partial charge in [0.05, 0.1) is 6.10 Å². The first kappa shape index (κ1) is 13.5. The van der Waals surface area contributed by atoms with Crippen LogP contribution in [-0.2, 0) is 13.0 Å². The van der Waals surface area contributed by atoms with Gasteiger partial charge in [0, 0.05) is 6.42 Å². The minimum absolute atomic E-state index is 0.255. The fraction of sp³-hybridized carbons (Fsp3) is 0.429. The summed E-state index contributed by atoms with van der Waals surface area (Å²) in [7, 11) is 0. The molecule has 1 aromatic carbocycles. The number of ether oxygens (including phenoxy) is 1. The summed E-state index contributed by atoms with van der Waals surface area (Å²) in [6, 6.07) is 7.28. The maximum Gasteiger partial charge on any atom is 0.264 e. The van der Waals surface area contributed by atoms with Crippen molar-refractivity contribution in [3.8, 4) is 5.75 Å². The quantitative estimate of drug-likeness (QED) is 0.866. The standard InChI is InChI=1S/C14H18N2O3/c1-3-4-13-15-14(19-16-13)9-18-12-7-5-11(6-8-12)10(2)17/h5-8,10,17H,3-4,9H2,1-2H3. The van der Waals surface area contributed by atoms with E-state index in [1.807, 2.05) is 24.3 Å². The number of aliphatic hydroxyl groups is 1. The van der Waals surface area contributed by atoms with E-state index in [9.17, 15) is 5.11 Å². The van der Waals surface area contributed by atoms with E-state index >= 15 is 0 Å². The van der Waals surface area contributed by atoms with Gasteiger partial charge in [0.15, 0.2) is 12.4 Å². The van der Waals surface area contributed by atoms with E-state index in [2.05, 4.69) is 17.1 Å². The molecule has 0 aliphatic carbocycles. The van der Waals surface area contributed by atoms with Crippen LogP contribution in [0, 0.1) is 0 Å². The van der Waals surface area contributed by atoms with Gasteiger partial charge in [-0.1, -0.05) is 24.2 Å². The second-order valence-corrected chi connectivity index (χ2v) is 4.39. The molecule has 5 nitrogen and oxygen atoms in total. The van der Waals surface area contributed by atoms with Gasteiger partial charge in [-0.05, 0) is 31.0 Å². The highest BCUT2D eigenvalue weighted by Crippen LogP contribution is 2.18. The zero-order valence-corrected chi connectivity index (χ0v) is 11.2. The molecule has 19 heavy (non-hydrogen) atoms. The predicted octanol–water partition coefficient (Wildman–Crippen LogP) is 2.65. The summed E-state index contributed by atoms with van der Waals surface area (Å²) in [5.74, 6) is 1.90. The van der Waals surface area contributed by atoms with Crippen LogP contribution in [0.5, 0.6) is 5.75 Å². The number of nitrogens with zero attached hydrogens (tertiary/aromatic N) is 2. The zero-order chi connectivity index (χ0) is 13.7. The van der Waals surface area contributed by atoms with Gasteiger partial charge >= 0.3 is 0 Å². The smallest absolute Gasteiger partial charge is 0.264 e. The van der Waals surface area contributed by atoms with Crippen LogP contribution in [-0.4, -0.2) is 15.2 Å². The van der Waals surface area contributed by atoms with Crippen LogP contribution >= 0.6 is 0 Å². The van der Waals surface area contributed by atoms with Gasteiger partial charge in [0.1, 0.15) is 5.75 Å². The molecule has 0 radical (unpaired) electrons. The average Bonchev–Trinajstić information content (AvgIpc) is 2.85. The highest BCUT2D eigenvalue weighted by molar-refractivity contribution is 5.28. The Hall–Kier alpha value is -1.88. The first-order valence-electron chi connectivity index (χ1n) is 6.41. The van der Waals surface area contributed by atoms with Crippen LogP contribution in [0.3, 0.4) is 0 Å². The molecule has 2 rings (SSSR count). The van der Waals surface area contributed by atoms with Crippen molar-refractivity contribution in [2.45, 2.75) is 39.4 Å². The van der Waals surface area contributed by atoms with Gasteiger partial charge in [0.2, 0.25) is 0 Å². The molecular weight excluding hydrogens is 244 g/mol. The van der Waals surface area contributed by atoms with Crippen LogP contribution < -0.4 is 4.74 Å². The molecule has 0 saturated carbocycles. The SMILES string of the molecule is CCCc1noc(COc2ccc(C(C)O)cc2)n1. The van der Waals surface area contributed by atoms with Crippen LogP contribution in [0.2, 0.25) is 0 Å². The maximum atomic E-state index is 9.40. The third kappa shape index (κ3) is 3.79. The Balaban J connectivity index is 1.90. The number of hydrogen-bond acceptors (Lipinski definition) is 5. The van der Waals surface area contributed by atoms with E-state index in [0.29, 0.717) is 17.5 Å². The van der Waals surface area contributed by atoms with E-state index in [1.54, 1.807) is 6.92 Å². The predicted molar refractivity (Wildman–Crippen MR) is 69.7 cm³/mol.